The summed E-state index contributed by atoms with van der Waals surface area (Å²) in [5.74, 6) is 1.30. The van der Waals surface area contributed by atoms with E-state index in [1.54, 1.807) is 6.07 Å². The van der Waals surface area contributed by atoms with Crippen LogP contribution >= 0.6 is 0 Å². The van der Waals surface area contributed by atoms with Crippen LogP contribution in [-0.4, -0.2) is 50.1 Å². The Morgan fingerprint density at radius 2 is 0.814 bits per heavy atom. The van der Waals surface area contributed by atoms with Gasteiger partial charge in [-0.05, 0) is 12.1 Å². The monoisotopic (exact) mass is 653 g/mol. The minimum atomic E-state index is -0.302. The number of aromatic hydroxyl groups is 2. The van der Waals surface area contributed by atoms with Gasteiger partial charge in [-0.15, -0.1) is 0 Å². The van der Waals surface area contributed by atoms with Crippen molar-refractivity contribution in [2.45, 2.75) is 0 Å². The number of aromatic amines is 2. The summed E-state index contributed by atoms with van der Waals surface area (Å²) in [5, 5.41) is 24.0. The van der Waals surface area contributed by atoms with Gasteiger partial charge in [-0.3, -0.25) is 0 Å². The van der Waals surface area contributed by atoms with Crippen molar-refractivity contribution >= 4 is 44.1 Å². The number of phenolic OH excluding ortho intramolecular Hbond substituents is 2. The molecule has 5 heterocycles. The molecule has 43 heavy (non-hydrogen) atoms. The van der Waals surface area contributed by atoms with Gasteiger partial charge in [0.2, 0.25) is 0 Å². The topological polar surface area (TPSA) is 149 Å². The summed E-state index contributed by atoms with van der Waals surface area (Å²) in [6.07, 6.45) is 0. The molecule has 0 radical (unpaired) electrons. The average molecular weight is 654 g/mol. The molecule has 0 saturated heterocycles. The van der Waals surface area contributed by atoms with Gasteiger partial charge in [-0.2, -0.15) is 0 Å². The predicted octanol–water partition coefficient (Wildman–Crippen LogP) is 6.28. The van der Waals surface area contributed by atoms with E-state index in [1.165, 1.54) is 6.07 Å². The van der Waals surface area contributed by atoms with Gasteiger partial charge in [-0.25, -0.2) is 29.9 Å². The maximum Gasteiger partial charge on any atom is 1.00 e. The van der Waals surface area contributed by atoms with Crippen molar-refractivity contribution < 1.29 is 32.6 Å². The summed E-state index contributed by atoms with van der Waals surface area (Å²) < 4.78 is 0. The quantitative estimate of drug-likeness (QED) is 0.110. The molecule has 0 saturated carbocycles. The number of phenols is 2. The number of nitrogens with one attached hydrogen (secondary N) is 2. The number of hydrogen-bond acceptors (Lipinski definition) is 8. The Bertz CT molecular complexity index is 2460. The van der Waals surface area contributed by atoms with Crippen LogP contribution < -0.4 is 0 Å². The first-order chi connectivity index (χ1) is 20.6. The molecule has 0 spiro atoms. The summed E-state index contributed by atoms with van der Waals surface area (Å²) >= 11 is 0. The minimum absolute atomic E-state index is 0. The van der Waals surface area contributed by atoms with Gasteiger partial charge in [0.05, 0.1) is 5.39 Å². The zero-order chi connectivity index (χ0) is 27.9. The maximum absolute atomic E-state index is 10.9. The Balaban J connectivity index is 0.00000278. The first-order valence-corrected chi connectivity index (χ1v) is 13.3. The van der Waals surface area contributed by atoms with Gasteiger partial charge in [0.1, 0.15) is 22.6 Å². The van der Waals surface area contributed by atoms with Crippen molar-refractivity contribution in [2.24, 2.45) is 0 Å². The van der Waals surface area contributed by atoms with Gasteiger partial charge < -0.3 is 20.2 Å². The van der Waals surface area contributed by atoms with Crippen LogP contribution in [-0.2, 0) is 22.4 Å². The number of fused-ring (bicyclic) bond motifs is 20. The molecule has 0 atom stereocenters. The molecule has 3 aromatic heterocycles. The molecule has 2 aliphatic heterocycles. The Labute approximate surface area is 257 Å². The molecule has 2 aliphatic rings. The number of nitrogens with zero attached hydrogens (tertiary/aromatic N) is 6. The van der Waals surface area contributed by atoms with Crippen molar-refractivity contribution in [3.8, 4) is 57.1 Å². The fourth-order valence-corrected chi connectivity index (χ4v) is 5.70. The fourth-order valence-electron chi connectivity index (χ4n) is 5.70. The molecule has 7 aromatic rings. The van der Waals surface area contributed by atoms with E-state index in [2.05, 4.69) is 9.97 Å². The summed E-state index contributed by atoms with van der Waals surface area (Å²) in [4.78, 5) is 36.0. The Kier molecular flexibility index (Phi) is 5.47. The third kappa shape index (κ3) is 3.71. The number of rotatable bonds is 0. The predicted molar refractivity (Wildman–Crippen MR) is 159 cm³/mol. The summed E-state index contributed by atoms with van der Waals surface area (Å²) in [5.41, 5.74) is 5.23. The van der Waals surface area contributed by atoms with Crippen molar-refractivity contribution in [1.29, 1.82) is 0 Å². The number of benzene rings is 4. The standard InChI is InChI=1S/C32H18N8O2.Ag/c41-22-14-13-21-23(24(22)42)32-39-30-20-12-6-5-11-19(20)28(37-30)35-26-16-8-2-1-7-15(16)25(33-26)34-27-17-9-3-4-10-18(17)29(36-27)38-31(21)40-32;/h1-14,41-42H,(H2,33,34,35,36,37,38,39,40);/q;+1. The van der Waals surface area contributed by atoms with Crippen LogP contribution in [0, 0.1) is 0 Å². The van der Waals surface area contributed by atoms with Crippen LogP contribution in [0.1, 0.15) is 0 Å². The Morgan fingerprint density at radius 3 is 1.30 bits per heavy atom. The van der Waals surface area contributed by atoms with E-state index in [0.717, 1.165) is 33.0 Å². The molecule has 11 heteroatoms. The average Bonchev–Trinajstić information content (AvgIpc) is 3.74. The van der Waals surface area contributed by atoms with E-state index in [1.807, 2.05) is 72.8 Å². The van der Waals surface area contributed by atoms with E-state index in [9.17, 15) is 10.2 Å². The van der Waals surface area contributed by atoms with Crippen molar-refractivity contribution in [1.82, 2.24) is 39.9 Å². The molecule has 0 amide bonds. The van der Waals surface area contributed by atoms with Gasteiger partial charge in [0, 0.05) is 38.4 Å². The Hall–Kier alpha value is -5.42. The van der Waals surface area contributed by atoms with Crippen LogP contribution in [0.15, 0.2) is 84.9 Å². The molecule has 0 aliphatic carbocycles. The Morgan fingerprint density at radius 1 is 0.419 bits per heavy atom. The molecule has 9 rings (SSSR count). The molecule has 4 N–H and O–H groups in total. The van der Waals surface area contributed by atoms with E-state index < -0.39 is 0 Å². The second-order valence-electron chi connectivity index (χ2n) is 10.1. The van der Waals surface area contributed by atoms with Crippen molar-refractivity contribution in [3.05, 3.63) is 84.9 Å². The van der Waals surface area contributed by atoms with E-state index in [0.29, 0.717) is 56.7 Å². The molecule has 8 bridgehead atoms. The molecule has 208 valence electrons. The molecule has 0 fully saturated rings. The van der Waals surface area contributed by atoms with E-state index in [-0.39, 0.29) is 33.9 Å². The van der Waals surface area contributed by atoms with Crippen LogP contribution in [0.2, 0.25) is 0 Å². The molecular weight excluding hydrogens is 636 g/mol. The largest absolute Gasteiger partial charge is 1.00 e. The molecule has 10 nitrogen and oxygen atoms in total. The van der Waals surface area contributed by atoms with Crippen LogP contribution in [0.25, 0.3) is 89.7 Å². The molecular formula is C32H18AgN8O2+. The number of hydrogen-bond donors (Lipinski definition) is 4. The second-order valence-corrected chi connectivity index (χ2v) is 10.1. The smallest absolute Gasteiger partial charge is 0.504 e. The first-order valence-electron chi connectivity index (χ1n) is 13.3. The summed E-state index contributed by atoms with van der Waals surface area (Å²) in [7, 11) is 0. The second kappa shape index (κ2) is 9.30. The summed E-state index contributed by atoms with van der Waals surface area (Å²) in [6, 6.07) is 26.5. The molecule has 0 unspecified atom stereocenters. The zero-order valence-electron chi connectivity index (χ0n) is 22.0. The SMILES string of the molecule is Oc1ccc2c3nc4nc(nc5[nH]c(nc6nc(nc([nH]3)c2c1O)-c1ccccc1-6)c1ccccc51)-c1ccccc1-4.[Ag+]. The first kappa shape index (κ1) is 25.3. The van der Waals surface area contributed by atoms with Gasteiger partial charge in [0.15, 0.2) is 34.8 Å². The van der Waals surface area contributed by atoms with Crippen LogP contribution in [0.4, 0.5) is 0 Å². The van der Waals surface area contributed by atoms with E-state index >= 15 is 0 Å². The van der Waals surface area contributed by atoms with E-state index in [4.69, 9.17) is 29.9 Å². The number of H-pyrrole nitrogens is 2. The minimum Gasteiger partial charge on any atom is -0.504 e. The van der Waals surface area contributed by atoms with Gasteiger partial charge >= 0.3 is 22.4 Å². The van der Waals surface area contributed by atoms with Crippen LogP contribution in [0.5, 0.6) is 11.5 Å². The zero-order valence-corrected chi connectivity index (χ0v) is 23.4. The van der Waals surface area contributed by atoms with Gasteiger partial charge in [0.25, 0.3) is 0 Å². The van der Waals surface area contributed by atoms with Gasteiger partial charge in [-0.1, -0.05) is 72.8 Å². The van der Waals surface area contributed by atoms with Crippen molar-refractivity contribution in [3.63, 3.8) is 0 Å². The number of aromatic nitrogens is 8. The third-order valence-electron chi connectivity index (χ3n) is 7.67. The normalized spacial score (nSPS) is 11.7. The fraction of sp³-hybridized carbons (Fsp3) is 0. The van der Waals surface area contributed by atoms with Crippen molar-refractivity contribution in [2.75, 3.05) is 0 Å². The van der Waals surface area contributed by atoms with Crippen LogP contribution in [0.3, 0.4) is 0 Å². The third-order valence-corrected chi connectivity index (χ3v) is 7.67. The molecule has 4 aromatic carbocycles. The summed E-state index contributed by atoms with van der Waals surface area (Å²) in [6.45, 7) is 0. The maximum atomic E-state index is 10.9.